The number of rotatable bonds is 3. The summed E-state index contributed by atoms with van der Waals surface area (Å²) in [6.45, 7) is 6.29. The Bertz CT molecular complexity index is 821. The summed E-state index contributed by atoms with van der Waals surface area (Å²) in [6, 6.07) is 12.3. The molecule has 0 saturated heterocycles. The van der Waals surface area contributed by atoms with E-state index >= 15 is 0 Å². The first kappa shape index (κ1) is 14.6. The quantitative estimate of drug-likeness (QED) is 0.665. The summed E-state index contributed by atoms with van der Waals surface area (Å²) in [7, 11) is 0. The fourth-order valence-electron chi connectivity index (χ4n) is 2.31. The van der Waals surface area contributed by atoms with Crippen molar-refractivity contribution in [1.82, 2.24) is 4.98 Å². The molecule has 2 aromatic carbocycles. The molecule has 0 fully saturated rings. The van der Waals surface area contributed by atoms with Crippen LogP contribution in [0.3, 0.4) is 0 Å². The molecule has 3 rings (SSSR count). The summed E-state index contributed by atoms with van der Waals surface area (Å²) in [5.74, 6) is 0. The van der Waals surface area contributed by atoms with Crippen LogP contribution in [0.15, 0.2) is 41.8 Å². The first-order chi connectivity index (χ1) is 10.5. The van der Waals surface area contributed by atoms with Gasteiger partial charge in [0.15, 0.2) is 5.13 Å². The number of nitrogens with zero attached hydrogens (tertiary/aromatic N) is 1. The molecule has 4 heteroatoms. The lowest BCUT2D eigenvalue weighted by Crippen LogP contribution is -1.94. The maximum Gasteiger partial charge on any atom is 0.187 e. The first-order valence-corrected chi connectivity index (χ1v) is 8.07. The predicted molar refractivity (Wildman–Crippen MR) is 95.9 cm³/mol. The largest absolute Gasteiger partial charge is 0.399 e. The number of hydrogen-bond donors (Lipinski definition) is 2. The number of anilines is 3. The van der Waals surface area contributed by atoms with Crippen molar-refractivity contribution in [3.8, 4) is 11.3 Å². The number of benzene rings is 2. The summed E-state index contributed by atoms with van der Waals surface area (Å²) < 4.78 is 0. The molecule has 0 aliphatic rings. The fraction of sp³-hybridized carbons (Fsp3) is 0.167. The van der Waals surface area contributed by atoms with Crippen LogP contribution in [0.5, 0.6) is 0 Å². The number of nitrogen functional groups attached to an aromatic ring is 1. The van der Waals surface area contributed by atoms with E-state index in [0.717, 1.165) is 33.3 Å². The van der Waals surface area contributed by atoms with Crippen LogP contribution in [0.4, 0.5) is 16.5 Å². The van der Waals surface area contributed by atoms with Crippen molar-refractivity contribution in [1.29, 1.82) is 0 Å². The molecule has 3 nitrogen and oxygen atoms in total. The molecule has 0 aliphatic carbocycles. The standard InChI is InChI=1S/C18H19N3S/c1-11-4-5-14(8-12(11)2)17-10-22-18(21-17)20-16-7-6-15(19)9-13(16)3/h4-10H,19H2,1-3H3,(H,20,21). The van der Waals surface area contributed by atoms with Crippen LogP contribution in [0.2, 0.25) is 0 Å². The van der Waals surface area contributed by atoms with E-state index in [2.05, 4.69) is 47.7 Å². The zero-order valence-electron chi connectivity index (χ0n) is 13.0. The van der Waals surface area contributed by atoms with E-state index in [9.17, 15) is 0 Å². The highest BCUT2D eigenvalue weighted by atomic mass is 32.1. The lowest BCUT2D eigenvalue weighted by atomic mass is 10.1. The molecular formula is C18H19N3S. The van der Waals surface area contributed by atoms with Gasteiger partial charge in [0.25, 0.3) is 0 Å². The van der Waals surface area contributed by atoms with Crippen LogP contribution in [0.1, 0.15) is 16.7 Å². The van der Waals surface area contributed by atoms with Crippen LogP contribution >= 0.6 is 11.3 Å². The molecule has 112 valence electrons. The van der Waals surface area contributed by atoms with Crippen molar-refractivity contribution in [3.05, 3.63) is 58.5 Å². The lowest BCUT2D eigenvalue weighted by Gasteiger charge is -2.07. The third-order valence-electron chi connectivity index (χ3n) is 3.80. The molecule has 0 atom stereocenters. The van der Waals surface area contributed by atoms with E-state index in [1.54, 1.807) is 11.3 Å². The second-order valence-corrected chi connectivity index (χ2v) is 6.39. The Kier molecular flexibility index (Phi) is 3.86. The minimum atomic E-state index is 0.776. The summed E-state index contributed by atoms with van der Waals surface area (Å²) in [4.78, 5) is 4.69. The van der Waals surface area contributed by atoms with Gasteiger partial charge in [0.05, 0.1) is 5.69 Å². The Hall–Kier alpha value is -2.33. The van der Waals surface area contributed by atoms with Crippen LogP contribution in [-0.4, -0.2) is 4.98 Å². The molecule has 0 aliphatic heterocycles. The Morgan fingerprint density at radius 3 is 2.50 bits per heavy atom. The van der Waals surface area contributed by atoms with Crippen molar-refractivity contribution in [2.45, 2.75) is 20.8 Å². The number of nitrogens with one attached hydrogen (secondary N) is 1. The predicted octanol–water partition coefficient (Wildman–Crippen LogP) is 5.06. The Balaban J connectivity index is 1.85. The Morgan fingerprint density at radius 1 is 0.955 bits per heavy atom. The van der Waals surface area contributed by atoms with Gasteiger partial charge in [-0.1, -0.05) is 12.1 Å². The van der Waals surface area contributed by atoms with Crippen molar-refractivity contribution in [2.75, 3.05) is 11.1 Å². The summed E-state index contributed by atoms with van der Waals surface area (Å²) in [5, 5.41) is 6.34. The van der Waals surface area contributed by atoms with E-state index < -0.39 is 0 Å². The summed E-state index contributed by atoms with van der Waals surface area (Å²) >= 11 is 1.61. The van der Waals surface area contributed by atoms with Gasteiger partial charge < -0.3 is 11.1 Å². The normalized spacial score (nSPS) is 10.7. The van der Waals surface area contributed by atoms with Crippen LogP contribution in [0.25, 0.3) is 11.3 Å². The van der Waals surface area contributed by atoms with Gasteiger partial charge in [0.2, 0.25) is 0 Å². The van der Waals surface area contributed by atoms with Crippen LogP contribution in [0, 0.1) is 20.8 Å². The molecule has 0 amide bonds. The summed E-state index contributed by atoms with van der Waals surface area (Å²) in [5.41, 5.74) is 13.5. The van der Waals surface area contributed by atoms with E-state index in [1.165, 1.54) is 11.1 Å². The fourth-order valence-corrected chi connectivity index (χ4v) is 3.04. The molecule has 3 aromatic rings. The topological polar surface area (TPSA) is 50.9 Å². The minimum absolute atomic E-state index is 0.776. The van der Waals surface area contributed by atoms with E-state index in [0.29, 0.717) is 0 Å². The zero-order valence-corrected chi connectivity index (χ0v) is 13.8. The molecule has 3 N–H and O–H groups in total. The van der Waals surface area contributed by atoms with Crippen molar-refractivity contribution in [3.63, 3.8) is 0 Å². The second kappa shape index (κ2) is 5.81. The maximum atomic E-state index is 5.79. The molecule has 1 aromatic heterocycles. The van der Waals surface area contributed by atoms with Crippen molar-refractivity contribution < 1.29 is 0 Å². The van der Waals surface area contributed by atoms with Gasteiger partial charge >= 0.3 is 0 Å². The van der Waals surface area contributed by atoms with E-state index in [-0.39, 0.29) is 0 Å². The highest BCUT2D eigenvalue weighted by Gasteiger charge is 2.07. The zero-order chi connectivity index (χ0) is 15.7. The van der Waals surface area contributed by atoms with Gasteiger partial charge in [-0.3, -0.25) is 0 Å². The smallest absolute Gasteiger partial charge is 0.187 e. The highest BCUT2D eigenvalue weighted by molar-refractivity contribution is 7.14. The van der Waals surface area contributed by atoms with Crippen molar-refractivity contribution >= 4 is 27.8 Å². The molecule has 0 radical (unpaired) electrons. The van der Waals surface area contributed by atoms with Gasteiger partial charge in [-0.05, 0) is 61.7 Å². The third-order valence-corrected chi connectivity index (χ3v) is 4.56. The highest BCUT2D eigenvalue weighted by Crippen LogP contribution is 2.29. The van der Waals surface area contributed by atoms with E-state index in [1.807, 2.05) is 25.1 Å². The third kappa shape index (κ3) is 2.97. The number of thiazole rings is 1. The minimum Gasteiger partial charge on any atom is -0.399 e. The molecule has 0 spiro atoms. The average molecular weight is 309 g/mol. The van der Waals surface area contributed by atoms with Crippen molar-refractivity contribution in [2.24, 2.45) is 0 Å². The Labute approximate surface area is 134 Å². The molecule has 0 unspecified atom stereocenters. The molecule has 0 saturated carbocycles. The molecule has 1 heterocycles. The lowest BCUT2D eigenvalue weighted by molar-refractivity contribution is 1.32. The first-order valence-electron chi connectivity index (χ1n) is 7.19. The summed E-state index contributed by atoms with van der Waals surface area (Å²) in [6.07, 6.45) is 0. The van der Waals surface area contributed by atoms with Crippen LogP contribution < -0.4 is 11.1 Å². The maximum absolute atomic E-state index is 5.79. The number of aromatic nitrogens is 1. The van der Waals surface area contributed by atoms with Gasteiger partial charge in [0, 0.05) is 22.3 Å². The van der Waals surface area contributed by atoms with Gasteiger partial charge in [-0.2, -0.15) is 0 Å². The molecule has 0 bridgehead atoms. The molecular weight excluding hydrogens is 290 g/mol. The number of nitrogens with two attached hydrogens (primary N) is 1. The Morgan fingerprint density at radius 2 is 1.77 bits per heavy atom. The number of aryl methyl sites for hydroxylation is 3. The average Bonchev–Trinajstić information content (AvgIpc) is 2.93. The number of hydrogen-bond acceptors (Lipinski definition) is 4. The second-order valence-electron chi connectivity index (χ2n) is 5.54. The van der Waals surface area contributed by atoms with Gasteiger partial charge in [-0.15, -0.1) is 11.3 Å². The molecule has 22 heavy (non-hydrogen) atoms. The van der Waals surface area contributed by atoms with Crippen LogP contribution in [-0.2, 0) is 0 Å². The van der Waals surface area contributed by atoms with Gasteiger partial charge in [0.1, 0.15) is 0 Å². The monoisotopic (exact) mass is 309 g/mol. The van der Waals surface area contributed by atoms with E-state index in [4.69, 9.17) is 5.73 Å². The SMILES string of the molecule is Cc1ccc(-c2csc(Nc3ccc(N)cc3C)n2)cc1C. The van der Waals surface area contributed by atoms with Gasteiger partial charge in [-0.25, -0.2) is 4.98 Å².